The molecule has 0 aliphatic carbocycles. The van der Waals surface area contributed by atoms with E-state index in [1.54, 1.807) is 11.8 Å². The predicted octanol–water partition coefficient (Wildman–Crippen LogP) is 0.738. The Kier molecular flexibility index (Phi) is 5.34. The average molecular weight is 246 g/mol. The number of esters is 2. The molecule has 0 aromatic rings. The first-order valence-electron chi connectivity index (χ1n) is 4.81. The van der Waals surface area contributed by atoms with Crippen molar-refractivity contribution in [3.05, 3.63) is 12.2 Å². The molecule has 1 rings (SSSR count). The summed E-state index contributed by atoms with van der Waals surface area (Å²) in [5, 5.41) is 0. The highest BCUT2D eigenvalue weighted by molar-refractivity contribution is 7.99. The van der Waals surface area contributed by atoms with Crippen molar-refractivity contribution in [2.75, 3.05) is 24.7 Å². The van der Waals surface area contributed by atoms with Crippen LogP contribution >= 0.6 is 11.8 Å². The number of carbonyl (C=O) groups is 2. The summed E-state index contributed by atoms with van der Waals surface area (Å²) in [4.78, 5) is 22.2. The van der Waals surface area contributed by atoms with E-state index >= 15 is 0 Å². The molecular weight excluding hydrogens is 232 g/mol. The molecule has 0 aromatic heterocycles. The van der Waals surface area contributed by atoms with Crippen LogP contribution in [0.2, 0.25) is 0 Å². The van der Waals surface area contributed by atoms with Gasteiger partial charge in [0.25, 0.3) is 0 Å². The zero-order valence-corrected chi connectivity index (χ0v) is 9.88. The van der Waals surface area contributed by atoms with Gasteiger partial charge in [-0.2, -0.15) is 11.8 Å². The first-order chi connectivity index (χ1) is 7.59. The van der Waals surface area contributed by atoms with E-state index in [0.29, 0.717) is 12.4 Å². The molecule has 0 bridgehead atoms. The van der Waals surface area contributed by atoms with Crippen molar-refractivity contribution in [3.63, 3.8) is 0 Å². The van der Waals surface area contributed by atoms with Crippen molar-refractivity contribution in [1.29, 1.82) is 0 Å². The van der Waals surface area contributed by atoms with Gasteiger partial charge in [-0.1, -0.05) is 6.58 Å². The van der Waals surface area contributed by atoms with Gasteiger partial charge >= 0.3 is 11.9 Å². The minimum atomic E-state index is -0.609. The van der Waals surface area contributed by atoms with Gasteiger partial charge < -0.3 is 14.2 Å². The van der Waals surface area contributed by atoms with Crippen LogP contribution in [0.4, 0.5) is 0 Å². The van der Waals surface area contributed by atoms with Crippen molar-refractivity contribution in [1.82, 2.24) is 0 Å². The summed E-state index contributed by atoms with van der Waals surface area (Å²) in [7, 11) is 0. The van der Waals surface area contributed by atoms with Gasteiger partial charge in [-0.25, -0.2) is 9.59 Å². The minimum Gasteiger partial charge on any atom is -0.450 e. The summed E-state index contributed by atoms with van der Waals surface area (Å²) in [6, 6.07) is 0. The first-order valence-corrected chi connectivity index (χ1v) is 5.96. The maximum Gasteiger partial charge on any atom is 0.346 e. The molecule has 1 unspecified atom stereocenters. The molecule has 1 fully saturated rings. The van der Waals surface area contributed by atoms with Crippen molar-refractivity contribution in [2.24, 2.45) is 0 Å². The molecule has 6 heteroatoms. The Morgan fingerprint density at radius 1 is 1.56 bits per heavy atom. The van der Waals surface area contributed by atoms with Gasteiger partial charge in [0.1, 0.15) is 0 Å². The molecule has 1 aliphatic heterocycles. The van der Waals surface area contributed by atoms with Crippen LogP contribution in [-0.4, -0.2) is 42.9 Å². The lowest BCUT2D eigenvalue weighted by atomic mass is 10.4. The van der Waals surface area contributed by atoms with E-state index in [2.05, 4.69) is 11.3 Å². The largest absolute Gasteiger partial charge is 0.450 e. The van der Waals surface area contributed by atoms with Gasteiger partial charge in [0, 0.05) is 11.3 Å². The van der Waals surface area contributed by atoms with E-state index < -0.39 is 24.8 Å². The highest BCUT2D eigenvalue weighted by atomic mass is 32.2. The van der Waals surface area contributed by atoms with E-state index in [0.717, 1.165) is 5.75 Å². The Morgan fingerprint density at radius 3 is 2.88 bits per heavy atom. The average Bonchev–Trinajstić information content (AvgIpc) is 2.27. The number of carbonyl (C=O) groups excluding carboxylic acids is 2. The fourth-order valence-corrected chi connectivity index (χ4v) is 1.70. The van der Waals surface area contributed by atoms with Crippen molar-refractivity contribution in [2.45, 2.75) is 13.2 Å². The second-order valence-corrected chi connectivity index (χ2v) is 4.37. The molecule has 1 atom stereocenters. The van der Waals surface area contributed by atoms with Crippen LogP contribution in [0, 0.1) is 0 Å². The maximum absolute atomic E-state index is 11.2. The molecule has 0 spiro atoms. The van der Waals surface area contributed by atoms with Crippen molar-refractivity contribution in [3.8, 4) is 0 Å². The van der Waals surface area contributed by atoms with Crippen molar-refractivity contribution < 1.29 is 23.8 Å². The molecule has 0 aromatic carbocycles. The van der Waals surface area contributed by atoms with E-state index in [9.17, 15) is 9.59 Å². The zero-order valence-electron chi connectivity index (χ0n) is 9.06. The summed E-state index contributed by atoms with van der Waals surface area (Å²) >= 11 is 1.65. The second-order valence-electron chi connectivity index (χ2n) is 3.22. The fraction of sp³-hybridized carbons (Fsp3) is 0.600. The summed E-state index contributed by atoms with van der Waals surface area (Å²) in [6.07, 6.45) is -0.533. The number of hydrogen-bond donors (Lipinski definition) is 0. The third-order valence-electron chi connectivity index (χ3n) is 1.72. The monoisotopic (exact) mass is 246 g/mol. The van der Waals surface area contributed by atoms with E-state index in [4.69, 9.17) is 9.47 Å². The van der Waals surface area contributed by atoms with E-state index in [1.807, 2.05) is 0 Å². The van der Waals surface area contributed by atoms with Gasteiger partial charge in [0.2, 0.25) is 6.29 Å². The molecule has 1 aliphatic rings. The molecule has 1 saturated heterocycles. The molecule has 5 nitrogen and oxygen atoms in total. The first kappa shape index (κ1) is 13.1. The minimum absolute atomic E-state index is 0.247. The van der Waals surface area contributed by atoms with Crippen LogP contribution in [0.5, 0.6) is 0 Å². The molecule has 0 N–H and O–H groups in total. The number of ether oxygens (including phenoxy) is 3. The molecule has 16 heavy (non-hydrogen) atoms. The fourth-order valence-electron chi connectivity index (χ4n) is 0.962. The predicted molar refractivity (Wildman–Crippen MR) is 58.9 cm³/mol. The van der Waals surface area contributed by atoms with E-state index in [-0.39, 0.29) is 5.57 Å². The third-order valence-corrected chi connectivity index (χ3v) is 2.68. The Morgan fingerprint density at radius 2 is 2.31 bits per heavy atom. The highest BCUT2D eigenvalue weighted by Crippen LogP contribution is 2.13. The molecular formula is C10H14O5S. The van der Waals surface area contributed by atoms with Crippen LogP contribution in [-0.2, 0) is 23.8 Å². The van der Waals surface area contributed by atoms with Crippen LogP contribution in [0.25, 0.3) is 0 Å². The van der Waals surface area contributed by atoms with Crippen LogP contribution in [0.15, 0.2) is 12.2 Å². The van der Waals surface area contributed by atoms with Crippen LogP contribution in [0.3, 0.4) is 0 Å². The van der Waals surface area contributed by atoms with Crippen LogP contribution in [0.1, 0.15) is 6.92 Å². The Labute approximate surface area is 98.1 Å². The summed E-state index contributed by atoms with van der Waals surface area (Å²) in [5.41, 5.74) is 0.247. The lowest BCUT2D eigenvalue weighted by Gasteiger charge is -2.21. The Hall–Kier alpha value is -1.01. The molecule has 90 valence electrons. The smallest absolute Gasteiger partial charge is 0.346 e. The summed E-state index contributed by atoms with van der Waals surface area (Å²) in [5.74, 6) is 0.303. The van der Waals surface area contributed by atoms with Gasteiger partial charge in [-0.3, -0.25) is 0 Å². The molecule has 1 heterocycles. The summed E-state index contributed by atoms with van der Waals surface area (Å²) in [6.45, 7) is 5.06. The topological polar surface area (TPSA) is 61.8 Å². The second kappa shape index (κ2) is 6.55. The maximum atomic E-state index is 11.2. The summed E-state index contributed by atoms with van der Waals surface area (Å²) < 4.78 is 14.7. The standard InChI is InChI=1S/C10H14O5S/c1-7(2)10(12)14-5-8(11)15-9-6-16-4-3-13-9/h9H,1,3-6H2,2H3. The van der Waals surface area contributed by atoms with Gasteiger partial charge in [-0.15, -0.1) is 0 Å². The SMILES string of the molecule is C=C(C)C(=O)OCC(=O)OC1CSCCO1. The van der Waals surface area contributed by atoms with Gasteiger partial charge in [-0.05, 0) is 6.92 Å². The van der Waals surface area contributed by atoms with Gasteiger partial charge in [0.05, 0.1) is 12.4 Å². The molecule has 0 radical (unpaired) electrons. The third kappa shape index (κ3) is 4.67. The normalized spacial score (nSPS) is 19.9. The molecule has 0 amide bonds. The van der Waals surface area contributed by atoms with Crippen molar-refractivity contribution >= 4 is 23.7 Å². The Bertz CT molecular complexity index is 283. The number of hydrogen-bond acceptors (Lipinski definition) is 6. The molecule has 0 saturated carbocycles. The lowest BCUT2D eigenvalue weighted by molar-refractivity contribution is -0.180. The highest BCUT2D eigenvalue weighted by Gasteiger charge is 2.19. The Balaban J connectivity index is 2.19. The quantitative estimate of drug-likeness (QED) is 0.538. The number of rotatable bonds is 4. The van der Waals surface area contributed by atoms with E-state index in [1.165, 1.54) is 6.92 Å². The van der Waals surface area contributed by atoms with Crippen LogP contribution < -0.4 is 0 Å². The van der Waals surface area contributed by atoms with Gasteiger partial charge in [0.15, 0.2) is 6.61 Å². The zero-order chi connectivity index (χ0) is 12.0. The number of thioether (sulfide) groups is 1. The lowest BCUT2D eigenvalue weighted by Crippen LogP contribution is -2.30.